The van der Waals surface area contributed by atoms with Gasteiger partial charge in [0.05, 0.1) is 11.6 Å². The van der Waals surface area contributed by atoms with Gasteiger partial charge in [0.15, 0.2) is 5.82 Å². The number of aromatic nitrogens is 3. The minimum absolute atomic E-state index is 0.0146. The molecule has 8 rings (SSSR count). The third kappa shape index (κ3) is 3.69. The number of aromatic hydroxyl groups is 1. The van der Waals surface area contributed by atoms with Crippen molar-refractivity contribution in [3.05, 3.63) is 42.2 Å². The first-order valence-electron chi connectivity index (χ1n) is 14.2. The maximum absolute atomic E-state index is 16.6. The normalized spacial score (nSPS) is 21.7. The number of piperazine rings is 1. The third-order valence-corrected chi connectivity index (χ3v) is 9.13. The number of benzene rings is 2. The van der Waals surface area contributed by atoms with E-state index in [0.717, 1.165) is 62.6 Å². The first kappa shape index (κ1) is 24.1. The molecule has 206 valence electrons. The summed E-state index contributed by atoms with van der Waals surface area (Å²) in [6, 6.07) is 11.0. The summed E-state index contributed by atoms with van der Waals surface area (Å²) in [5.41, 5.74) is 0.701. The van der Waals surface area contributed by atoms with Gasteiger partial charge in [-0.25, -0.2) is 9.37 Å². The number of fused-ring (bicyclic) bond motifs is 4. The zero-order chi connectivity index (χ0) is 26.8. The van der Waals surface area contributed by atoms with Gasteiger partial charge in [0, 0.05) is 25.2 Å². The smallest absolute Gasteiger partial charge is 0.319 e. The summed E-state index contributed by atoms with van der Waals surface area (Å²) >= 11 is 0. The van der Waals surface area contributed by atoms with Crippen molar-refractivity contribution in [2.24, 2.45) is 0 Å². The molecule has 3 saturated heterocycles. The molecule has 0 unspecified atom stereocenters. The Morgan fingerprint density at radius 3 is 2.83 bits per heavy atom. The number of rotatable bonds is 4. The number of ether oxygens (including phenoxy) is 2. The van der Waals surface area contributed by atoms with E-state index in [1.807, 2.05) is 24.3 Å². The van der Waals surface area contributed by atoms with E-state index < -0.39 is 5.82 Å². The predicted molar refractivity (Wildman–Crippen MR) is 150 cm³/mol. The summed E-state index contributed by atoms with van der Waals surface area (Å²) in [6.07, 6.45) is 4.52. The Labute approximate surface area is 230 Å². The Bertz CT molecular complexity index is 1640. The lowest BCUT2D eigenvalue weighted by Crippen LogP contribution is -2.53. The predicted octanol–water partition coefficient (Wildman–Crippen LogP) is 3.87. The molecule has 1 atom stereocenters. The number of phenols is 1. The van der Waals surface area contributed by atoms with Crippen LogP contribution in [0.2, 0.25) is 0 Å². The summed E-state index contributed by atoms with van der Waals surface area (Å²) in [5, 5.41) is 15.9. The molecule has 0 spiro atoms. The number of hydrogen-bond acceptors (Lipinski definition) is 9. The molecule has 3 fully saturated rings. The molecule has 0 bridgehead atoms. The second-order valence-electron chi connectivity index (χ2n) is 11.4. The molecule has 4 aliphatic rings. The molecule has 0 aliphatic carbocycles. The average molecular weight is 543 g/mol. The third-order valence-electron chi connectivity index (χ3n) is 9.13. The van der Waals surface area contributed by atoms with Crippen LogP contribution in [0.25, 0.3) is 32.9 Å². The van der Waals surface area contributed by atoms with Crippen molar-refractivity contribution in [3.63, 3.8) is 0 Å². The van der Waals surface area contributed by atoms with Crippen molar-refractivity contribution in [1.29, 1.82) is 0 Å². The quantitative estimate of drug-likeness (QED) is 0.399. The maximum atomic E-state index is 16.6. The van der Waals surface area contributed by atoms with Gasteiger partial charge in [0.2, 0.25) is 5.88 Å². The van der Waals surface area contributed by atoms with Crippen molar-refractivity contribution >= 4 is 27.5 Å². The Balaban J connectivity index is 1.31. The van der Waals surface area contributed by atoms with Crippen LogP contribution < -0.4 is 19.7 Å². The van der Waals surface area contributed by atoms with E-state index in [4.69, 9.17) is 19.4 Å². The highest BCUT2D eigenvalue weighted by molar-refractivity contribution is 6.01. The SMILES string of the molecule is Oc1cc(-c2nc3c4c(nc(OCC56CCCN5CCC6)nc4c2F)N2CCNC[C@H]2CO3)c2ccccc2c1. The monoisotopic (exact) mass is 542 g/mol. The van der Waals surface area contributed by atoms with Gasteiger partial charge < -0.3 is 24.8 Å². The van der Waals surface area contributed by atoms with Gasteiger partial charge in [-0.1, -0.05) is 24.3 Å². The Hall–Kier alpha value is -3.76. The Morgan fingerprint density at radius 1 is 1.10 bits per heavy atom. The second kappa shape index (κ2) is 9.14. The van der Waals surface area contributed by atoms with Crippen molar-refractivity contribution in [2.45, 2.75) is 37.3 Å². The lowest BCUT2D eigenvalue weighted by atomic mass is 9.95. The van der Waals surface area contributed by atoms with Crippen LogP contribution in [-0.2, 0) is 0 Å². The van der Waals surface area contributed by atoms with Crippen LogP contribution in [0.15, 0.2) is 36.4 Å². The second-order valence-corrected chi connectivity index (χ2v) is 11.4. The van der Waals surface area contributed by atoms with Crippen LogP contribution in [0.4, 0.5) is 10.2 Å². The Kier molecular flexibility index (Phi) is 5.50. The van der Waals surface area contributed by atoms with Crippen LogP contribution in [0.3, 0.4) is 0 Å². The standard InChI is InChI=1S/C30H31FN6O3/c31-24-25(22-14-20(38)13-18-5-1-2-6-21(18)22)33-28-23-26(24)34-29(40-17-30-7-3-10-36(30)11-4-8-30)35-27(23)37-12-9-32-15-19(37)16-39-28/h1-2,5-6,13-14,19,32,38H,3-4,7-12,15-17H2/t19-/m0/s1. The molecule has 4 aliphatic heterocycles. The molecular formula is C30H31FN6O3. The van der Waals surface area contributed by atoms with E-state index >= 15 is 4.39 Å². The highest BCUT2D eigenvalue weighted by atomic mass is 19.1. The number of halogens is 1. The highest BCUT2D eigenvalue weighted by Crippen LogP contribution is 2.43. The largest absolute Gasteiger partial charge is 0.508 e. The number of phenolic OH excluding ortho intramolecular Hbond substituents is 1. The lowest BCUT2D eigenvalue weighted by molar-refractivity contribution is 0.108. The topological polar surface area (TPSA) is 95.9 Å². The van der Waals surface area contributed by atoms with E-state index in [-0.39, 0.29) is 34.6 Å². The fourth-order valence-electron chi connectivity index (χ4n) is 7.17. The molecule has 0 saturated carbocycles. The zero-order valence-corrected chi connectivity index (χ0v) is 22.2. The van der Waals surface area contributed by atoms with Gasteiger partial charge in [-0.3, -0.25) is 4.90 Å². The molecule has 0 amide bonds. The van der Waals surface area contributed by atoms with E-state index in [1.165, 1.54) is 0 Å². The van der Waals surface area contributed by atoms with E-state index in [2.05, 4.69) is 20.1 Å². The summed E-state index contributed by atoms with van der Waals surface area (Å²) < 4.78 is 29.2. The van der Waals surface area contributed by atoms with E-state index in [1.54, 1.807) is 12.1 Å². The molecule has 0 radical (unpaired) electrons. The molecule has 10 heteroatoms. The van der Waals surface area contributed by atoms with E-state index in [9.17, 15) is 5.11 Å². The summed E-state index contributed by atoms with van der Waals surface area (Å²) in [5.74, 6) is 0.354. The summed E-state index contributed by atoms with van der Waals surface area (Å²) in [7, 11) is 0. The molecule has 2 aromatic carbocycles. The first-order valence-corrected chi connectivity index (χ1v) is 14.2. The molecule has 4 aromatic rings. The summed E-state index contributed by atoms with van der Waals surface area (Å²) in [4.78, 5) is 18.9. The number of nitrogens with one attached hydrogen (secondary N) is 1. The first-order chi connectivity index (χ1) is 19.6. The van der Waals surface area contributed by atoms with Gasteiger partial charge in [-0.15, -0.1) is 0 Å². The number of pyridine rings is 1. The molecule has 9 nitrogen and oxygen atoms in total. The van der Waals surface area contributed by atoms with Crippen molar-refractivity contribution in [3.8, 4) is 28.9 Å². The van der Waals surface area contributed by atoms with Crippen LogP contribution in [-0.4, -0.2) is 82.5 Å². The van der Waals surface area contributed by atoms with Crippen LogP contribution in [0, 0.1) is 5.82 Å². The minimum atomic E-state index is -0.582. The van der Waals surface area contributed by atoms with Crippen LogP contribution >= 0.6 is 0 Å². The molecule has 40 heavy (non-hydrogen) atoms. The zero-order valence-electron chi connectivity index (χ0n) is 22.2. The van der Waals surface area contributed by atoms with Crippen LogP contribution in [0.5, 0.6) is 17.6 Å². The number of anilines is 1. The molecular weight excluding hydrogens is 511 g/mol. The maximum Gasteiger partial charge on any atom is 0.319 e. The fourth-order valence-corrected chi connectivity index (χ4v) is 7.17. The van der Waals surface area contributed by atoms with Gasteiger partial charge in [-0.2, -0.15) is 9.97 Å². The van der Waals surface area contributed by atoms with Gasteiger partial charge >= 0.3 is 6.01 Å². The number of hydrogen-bond donors (Lipinski definition) is 2. The van der Waals surface area contributed by atoms with Crippen LogP contribution in [0.1, 0.15) is 25.7 Å². The van der Waals surface area contributed by atoms with Gasteiger partial charge in [0.1, 0.15) is 41.4 Å². The molecule has 2 N–H and O–H groups in total. The van der Waals surface area contributed by atoms with E-state index in [0.29, 0.717) is 42.4 Å². The average Bonchev–Trinajstić information content (AvgIpc) is 3.51. The van der Waals surface area contributed by atoms with Gasteiger partial charge in [0.25, 0.3) is 0 Å². The molecule has 6 heterocycles. The number of nitrogens with zero attached hydrogens (tertiary/aromatic N) is 5. The van der Waals surface area contributed by atoms with Crippen molar-refractivity contribution in [2.75, 3.05) is 50.8 Å². The van der Waals surface area contributed by atoms with Gasteiger partial charge in [-0.05, 0) is 61.7 Å². The molecule has 2 aromatic heterocycles. The minimum Gasteiger partial charge on any atom is -0.508 e. The fraction of sp³-hybridized carbons (Fsp3) is 0.433. The van der Waals surface area contributed by atoms with Crippen molar-refractivity contribution < 1.29 is 19.0 Å². The Morgan fingerprint density at radius 2 is 1.95 bits per heavy atom. The van der Waals surface area contributed by atoms with Crippen molar-refractivity contribution in [1.82, 2.24) is 25.2 Å². The summed E-state index contributed by atoms with van der Waals surface area (Å²) in [6.45, 7) is 5.27. The lowest BCUT2D eigenvalue weighted by Gasteiger charge is -2.35. The highest BCUT2D eigenvalue weighted by Gasteiger charge is 2.45.